The van der Waals surface area contributed by atoms with Gasteiger partial charge in [-0.2, -0.15) is 0 Å². The van der Waals surface area contributed by atoms with Crippen molar-refractivity contribution in [2.24, 2.45) is 5.84 Å². The zero-order valence-electron chi connectivity index (χ0n) is 10.5. The number of anilines is 1. The van der Waals surface area contributed by atoms with Crippen LogP contribution in [-0.4, -0.2) is 37.2 Å². The summed E-state index contributed by atoms with van der Waals surface area (Å²) in [6.45, 7) is 0.878. The number of nitrogens with two attached hydrogens (primary N) is 1. The van der Waals surface area contributed by atoms with E-state index in [1.807, 2.05) is 0 Å². The number of hydrazine groups is 1. The number of amides is 1. The Hall–Kier alpha value is -1.64. The number of sulfone groups is 1. The van der Waals surface area contributed by atoms with Crippen molar-refractivity contribution in [2.45, 2.75) is 12.3 Å². The van der Waals surface area contributed by atoms with Gasteiger partial charge in [-0.3, -0.25) is 10.6 Å². The van der Waals surface area contributed by atoms with Gasteiger partial charge in [0.15, 0.2) is 9.84 Å². The van der Waals surface area contributed by atoms with Crippen LogP contribution < -0.4 is 16.6 Å². The first-order chi connectivity index (χ1) is 8.90. The zero-order chi connectivity index (χ0) is 14.5. The second-order valence-electron chi connectivity index (χ2n) is 3.93. The van der Waals surface area contributed by atoms with Gasteiger partial charge >= 0.3 is 0 Å². The summed E-state index contributed by atoms with van der Waals surface area (Å²) in [5, 5.41) is 9.95. The molecule has 0 spiro atoms. The molecule has 1 atom stereocenters. The molecule has 0 heterocycles. The van der Waals surface area contributed by atoms with Gasteiger partial charge in [0, 0.05) is 11.3 Å². The molecule has 0 aromatic heterocycles. The molecule has 19 heavy (non-hydrogen) atoms. The molecule has 1 amide bonds. The lowest BCUT2D eigenvalue weighted by atomic mass is 10.2. The number of hydrogen-bond donors (Lipinski definition) is 4. The molecule has 0 saturated heterocycles. The highest BCUT2D eigenvalue weighted by Gasteiger charge is 2.22. The third-order valence-electron chi connectivity index (χ3n) is 2.54. The number of rotatable bonds is 6. The topological polar surface area (TPSA) is 122 Å². The molecule has 1 aromatic carbocycles. The van der Waals surface area contributed by atoms with Gasteiger partial charge in [0.1, 0.15) is 5.37 Å². The third kappa shape index (κ3) is 4.19. The molecule has 0 radical (unpaired) electrons. The molecule has 0 aliphatic rings. The first kappa shape index (κ1) is 15.4. The van der Waals surface area contributed by atoms with E-state index < -0.39 is 33.5 Å². The van der Waals surface area contributed by atoms with Crippen LogP contribution in [0.15, 0.2) is 24.3 Å². The van der Waals surface area contributed by atoms with Gasteiger partial charge in [0.05, 0.1) is 12.4 Å². The Morgan fingerprint density at radius 1 is 1.47 bits per heavy atom. The molecule has 1 aromatic rings. The summed E-state index contributed by atoms with van der Waals surface area (Å²) in [6.07, 6.45) is 0. The number of aliphatic hydroxyl groups excluding tert-OH is 1. The summed E-state index contributed by atoms with van der Waals surface area (Å²) in [7, 11) is -3.55. The predicted molar refractivity (Wildman–Crippen MR) is 72.1 cm³/mol. The molecule has 8 heteroatoms. The van der Waals surface area contributed by atoms with E-state index in [1.165, 1.54) is 13.0 Å². The number of nitrogens with one attached hydrogen (secondary N) is 2. The van der Waals surface area contributed by atoms with Crippen molar-refractivity contribution in [3.8, 4) is 0 Å². The maximum absolute atomic E-state index is 11.9. The van der Waals surface area contributed by atoms with Crippen LogP contribution in [0.25, 0.3) is 0 Å². The van der Waals surface area contributed by atoms with Crippen LogP contribution in [0.5, 0.6) is 0 Å². The average molecular weight is 287 g/mol. The Bertz CT molecular complexity index is 545. The van der Waals surface area contributed by atoms with Gasteiger partial charge in [0.25, 0.3) is 5.91 Å². The maximum atomic E-state index is 11.9. The van der Waals surface area contributed by atoms with Crippen LogP contribution in [0, 0.1) is 0 Å². The zero-order valence-corrected chi connectivity index (χ0v) is 11.3. The van der Waals surface area contributed by atoms with Gasteiger partial charge in [-0.05, 0) is 25.1 Å². The Morgan fingerprint density at radius 2 is 2.16 bits per heavy atom. The largest absolute Gasteiger partial charge is 0.395 e. The fraction of sp³-hybridized carbons (Fsp3) is 0.364. The SMILES string of the molecule is CC(NC(=O)c1cccc(NN)c1)S(=O)(=O)CCO. The van der Waals surface area contributed by atoms with E-state index in [0.717, 1.165) is 0 Å². The monoisotopic (exact) mass is 287 g/mol. The molecule has 0 fully saturated rings. The fourth-order valence-corrected chi connectivity index (χ4v) is 2.31. The maximum Gasteiger partial charge on any atom is 0.252 e. The normalized spacial score (nSPS) is 12.8. The molecule has 0 aliphatic heterocycles. The van der Waals surface area contributed by atoms with Crippen molar-refractivity contribution in [2.75, 3.05) is 17.8 Å². The van der Waals surface area contributed by atoms with Crippen molar-refractivity contribution in [3.05, 3.63) is 29.8 Å². The van der Waals surface area contributed by atoms with E-state index in [2.05, 4.69) is 10.7 Å². The smallest absolute Gasteiger partial charge is 0.252 e. The number of carbonyl (C=O) groups excluding carboxylic acids is 1. The minimum Gasteiger partial charge on any atom is -0.395 e. The van der Waals surface area contributed by atoms with Gasteiger partial charge in [-0.15, -0.1) is 0 Å². The summed E-state index contributed by atoms with van der Waals surface area (Å²) >= 11 is 0. The van der Waals surface area contributed by atoms with Gasteiger partial charge in [-0.1, -0.05) is 6.07 Å². The molecular formula is C11H17N3O4S. The molecule has 1 rings (SSSR count). The Kier molecular flexibility index (Phi) is 5.28. The number of nitrogen functional groups attached to an aromatic ring is 1. The van der Waals surface area contributed by atoms with Crippen LogP contribution in [0.1, 0.15) is 17.3 Å². The predicted octanol–water partition coefficient (Wildman–Crippen LogP) is -0.545. The van der Waals surface area contributed by atoms with Crippen molar-refractivity contribution < 1.29 is 18.3 Å². The summed E-state index contributed by atoms with van der Waals surface area (Å²) < 4.78 is 23.2. The summed E-state index contributed by atoms with van der Waals surface area (Å²) in [5.74, 6) is 4.31. The number of hydrogen-bond acceptors (Lipinski definition) is 6. The Balaban J connectivity index is 2.79. The summed E-state index contributed by atoms with van der Waals surface area (Å²) in [4.78, 5) is 11.9. The molecule has 0 aliphatic carbocycles. The number of aliphatic hydroxyl groups is 1. The van der Waals surface area contributed by atoms with E-state index in [1.54, 1.807) is 18.2 Å². The van der Waals surface area contributed by atoms with Crippen molar-refractivity contribution in [3.63, 3.8) is 0 Å². The number of benzene rings is 1. The standard InChI is InChI=1S/C11H17N3O4S/c1-8(19(17,18)6-5-15)13-11(16)9-3-2-4-10(7-9)14-12/h2-4,7-8,14-15H,5-6,12H2,1H3,(H,13,16). The minimum atomic E-state index is -3.55. The third-order valence-corrected chi connectivity index (χ3v) is 4.49. The molecule has 5 N–H and O–H groups in total. The first-order valence-electron chi connectivity index (χ1n) is 5.60. The van der Waals surface area contributed by atoms with Gasteiger partial charge < -0.3 is 15.8 Å². The molecule has 0 saturated carbocycles. The first-order valence-corrected chi connectivity index (χ1v) is 7.32. The summed E-state index contributed by atoms with van der Waals surface area (Å²) in [6, 6.07) is 6.34. The lowest BCUT2D eigenvalue weighted by Gasteiger charge is -2.14. The van der Waals surface area contributed by atoms with Crippen LogP contribution in [0.4, 0.5) is 5.69 Å². The number of carbonyl (C=O) groups is 1. The van der Waals surface area contributed by atoms with E-state index in [-0.39, 0.29) is 0 Å². The second-order valence-corrected chi connectivity index (χ2v) is 6.37. The van der Waals surface area contributed by atoms with Crippen LogP contribution in [0.3, 0.4) is 0 Å². The van der Waals surface area contributed by atoms with Crippen LogP contribution >= 0.6 is 0 Å². The van der Waals surface area contributed by atoms with Gasteiger partial charge in [-0.25, -0.2) is 8.42 Å². The summed E-state index contributed by atoms with van der Waals surface area (Å²) in [5.41, 5.74) is 3.23. The lowest BCUT2D eigenvalue weighted by Crippen LogP contribution is -2.40. The van der Waals surface area contributed by atoms with Crippen LogP contribution in [-0.2, 0) is 9.84 Å². The van der Waals surface area contributed by atoms with E-state index in [9.17, 15) is 13.2 Å². The lowest BCUT2D eigenvalue weighted by molar-refractivity contribution is 0.0950. The quantitative estimate of drug-likeness (QED) is 0.411. The van der Waals surface area contributed by atoms with E-state index in [0.29, 0.717) is 11.3 Å². The molecule has 7 nitrogen and oxygen atoms in total. The minimum absolute atomic E-state index is 0.293. The highest BCUT2D eigenvalue weighted by atomic mass is 32.2. The molecular weight excluding hydrogens is 270 g/mol. The Labute approximate surface area is 111 Å². The van der Waals surface area contributed by atoms with E-state index in [4.69, 9.17) is 10.9 Å². The van der Waals surface area contributed by atoms with E-state index >= 15 is 0 Å². The highest BCUT2D eigenvalue weighted by Crippen LogP contribution is 2.10. The molecule has 0 bridgehead atoms. The Morgan fingerprint density at radius 3 is 2.74 bits per heavy atom. The van der Waals surface area contributed by atoms with Gasteiger partial charge in [0.2, 0.25) is 0 Å². The van der Waals surface area contributed by atoms with Crippen molar-refractivity contribution >= 4 is 21.4 Å². The second kappa shape index (κ2) is 6.50. The molecule has 106 valence electrons. The average Bonchev–Trinajstić information content (AvgIpc) is 2.38. The highest BCUT2D eigenvalue weighted by molar-refractivity contribution is 7.92. The van der Waals surface area contributed by atoms with Crippen LogP contribution in [0.2, 0.25) is 0 Å². The molecule has 1 unspecified atom stereocenters. The fourth-order valence-electron chi connectivity index (χ4n) is 1.41. The van der Waals surface area contributed by atoms with Crippen molar-refractivity contribution in [1.29, 1.82) is 0 Å². The van der Waals surface area contributed by atoms with Crippen molar-refractivity contribution in [1.82, 2.24) is 5.32 Å².